The number of nitrogens with zero attached hydrogens (tertiary/aromatic N) is 2. The molecule has 3 amide bonds. The van der Waals surface area contributed by atoms with Gasteiger partial charge in [-0.25, -0.2) is 0 Å². The van der Waals surface area contributed by atoms with E-state index in [0.717, 1.165) is 32.2 Å². The largest absolute Gasteiger partial charge is 0.370 e. The Morgan fingerprint density at radius 2 is 1.85 bits per heavy atom. The van der Waals surface area contributed by atoms with Crippen molar-refractivity contribution >= 4 is 17.7 Å². The fraction of sp³-hybridized carbons (Fsp3) is 0.786. The van der Waals surface area contributed by atoms with Gasteiger partial charge >= 0.3 is 0 Å². The molecule has 2 fully saturated rings. The van der Waals surface area contributed by atoms with E-state index in [9.17, 15) is 14.4 Å². The van der Waals surface area contributed by atoms with Crippen LogP contribution in [0.4, 0.5) is 0 Å². The fourth-order valence-corrected chi connectivity index (χ4v) is 3.26. The average molecular weight is 281 g/mol. The first kappa shape index (κ1) is 14.8. The number of carbonyl (C=O) groups is 3. The van der Waals surface area contributed by atoms with Gasteiger partial charge in [0.2, 0.25) is 17.7 Å². The van der Waals surface area contributed by atoms with Gasteiger partial charge in [-0.2, -0.15) is 0 Å². The maximum Gasteiger partial charge on any atom is 0.226 e. The normalized spacial score (nSPS) is 24.9. The van der Waals surface area contributed by atoms with E-state index >= 15 is 0 Å². The molecule has 0 saturated carbocycles. The second kappa shape index (κ2) is 6.24. The number of carbonyl (C=O) groups excluding carboxylic acids is 3. The zero-order valence-electron chi connectivity index (χ0n) is 12.0. The predicted octanol–water partition coefficient (Wildman–Crippen LogP) is 0.111. The number of piperidine rings is 2. The molecule has 2 aliphatic rings. The lowest BCUT2D eigenvalue weighted by Gasteiger charge is -2.42. The molecular weight excluding hydrogens is 258 g/mol. The molecular formula is C14H23N3O3. The minimum Gasteiger partial charge on any atom is -0.370 e. The molecule has 0 bridgehead atoms. The second-order valence-electron chi connectivity index (χ2n) is 5.78. The number of nitrogens with two attached hydrogens (primary N) is 1. The highest BCUT2D eigenvalue weighted by molar-refractivity contribution is 5.85. The van der Waals surface area contributed by atoms with Crippen molar-refractivity contribution in [1.82, 2.24) is 9.80 Å². The Bertz CT molecular complexity index is 402. The van der Waals surface area contributed by atoms with Crippen molar-refractivity contribution in [3.05, 3.63) is 0 Å². The highest BCUT2D eigenvalue weighted by Gasteiger charge is 2.35. The molecule has 112 valence electrons. The summed E-state index contributed by atoms with van der Waals surface area (Å²) in [6.07, 6.45) is 3.49. The number of hydrogen-bond donors (Lipinski definition) is 1. The Labute approximate surface area is 119 Å². The molecule has 0 radical (unpaired) electrons. The summed E-state index contributed by atoms with van der Waals surface area (Å²) in [6.45, 7) is 3.77. The second-order valence-corrected chi connectivity index (χ2v) is 5.78. The SMILES string of the molecule is CC(=O)N1CCC(N2CCCC(CC(N)=O)C2=O)CC1. The third kappa shape index (κ3) is 3.29. The molecule has 2 rings (SSSR count). The van der Waals surface area contributed by atoms with E-state index < -0.39 is 5.91 Å². The Morgan fingerprint density at radius 3 is 2.40 bits per heavy atom. The predicted molar refractivity (Wildman–Crippen MR) is 73.5 cm³/mol. The lowest BCUT2D eigenvalue weighted by molar-refractivity contribution is -0.144. The molecule has 1 unspecified atom stereocenters. The minimum absolute atomic E-state index is 0.0660. The van der Waals surface area contributed by atoms with E-state index in [4.69, 9.17) is 5.73 Å². The molecule has 0 aromatic carbocycles. The Kier molecular flexibility index (Phi) is 4.62. The van der Waals surface area contributed by atoms with Gasteiger partial charge in [-0.15, -0.1) is 0 Å². The Balaban J connectivity index is 1.93. The zero-order chi connectivity index (χ0) is 14.7. The van der Waals surface area contributed by atoms with Gasteiger partial charge in [0.1, 0.15) is 0 Å². The number of hydrogen-bond acceptors (Lipinski definition) is 3. The van der Waals surface area contributed by atoms with Crippen LogP contribution in [-0.2, 0) is 14.4 Å². The molecule has 0 aromatic heterocycles. The lowest BCUT2D eigenvalue weighted by Crippen LogP contribution is -2.52. The van der Waals surface area contributed by atoms with E-state index in [1.54, 1.807) is 6.92 Å². The molecule has 2 aliphatic heterocycles. The van der Waals surface area contributed by atoms with Gasteiger partial charge in [0.15, 0.2) is 0 Å². The maximum absolute atomic E-state index is 12.4. The maximum atomic E-state index is 12.4. The van der Waals surface area contributed by atoms with Crippen LogP contribution in [0, 0.1) is 5.92 Å². The summed E-state index contributed by atoms with van der Waals surface area (Å²) in [4.78, 5) is 38.5. The van der Waals surface area contributed by atoms with E-state index in [1.807, 2.05) is 9.80 Å². The summed E-state index contributed by atoms with van der Waals surface area (Å²) in [5.41, 5.74) is 5.21. The molecule has 2 saturated heterocycles. The number of likely N-dealkylation sites (tertiary alicyclic amines) is 2. The first-order valence-corrected chi connectivity index (χ1v) is 7.33. The van der Waals surface area contributed by atoms with Crippen LogP contribution in [-0.4, -0.2) is 53.2 Å². The summed E-state index contributed by atoms with van der Waals surface area (Å²) in [7, 11) is 0. The topological polar surface area (TPSA) is 83.7 Å². The zero-order valence-corrected chi connectivity index (χ0v) is 12.0. The Morgan fingerprint density at radius 1 is 1.20 bits per heavy atom. The van der Waals surface area contributed by atoms with E-state index in [-0.39, 0.29) is 30.2 Å². The van der Waals surface area contributed by atoms with Crippen molar-refractivity contribution in [3.8, 4) is 0 Å². The van der Waals surface area contributed by atoms with Crippen molar-refractivity contribution < 1.29 is 14.4 Å². The van der Waals surface area contributed by atoms with Crippen LogP contribution >= 0.6 is 0 Å². The Hall–Kier alpha value is -1.59. The van der Waals surface area contributed by atoms with Crippen molar-refractivity contribution in [2.45, 2.75) is 45.1 Å². The summed E-state index contributed by atoms with van der Waals surface area (Å²) in [5.74, 6) is -0.486. The van der Waals surface area contributed by atoms with Gasteiger partial charge in [-0.05, 0) is 25.7 Å². The standard InChI is InChI=1S/C14H23N3O3/c1-10(18)16-7-4-12(5-8-16)17-6-2-3-11(14(17)20)9-13(15)19/h11-12H,2-9H2,1H3,(H2,15,19). The van der Waals surface area contributed by atoms with Gasteiger partial charge < -0.3 is 15.5 Å². The molecule has 6 nitrogen and oxygen atoms in total. The fourth-order valence-electron chi connectivity index (χ4n) is 3.26. The molecule has 1 atom stereocenters. The average Bonchev–Trinajstić information content (AvgIpc) is 2.41. The van der Waals surface area contributed by atoms with Crippen LogP contribution in [0.1, 0.15) is 39.0 Å². The molecule has 0 aromatic rings. The van der Waals surface area contributed by atoms with Gasteiger partial charge in [0.05, 0.1) is 0 Å². The summed E-state index contributed by atoms with van der Waals surface area (Å²) >= 11 is 0. The molecule has 2 N–H and O–H groups in total. The molecule has 6 heteroatoms. The van der Waals surface area contributed by atoms with E-state index in [1.165, 1.54) is 0 Å². The van der Waals surface area contributed by atoms with Crippen LogP contribution in [0.15, 0.2) is 0 Å². The summed E-state index contributed by atoms with van der Waals surface area (Å²) in [5, 5.41) is 0. The summed E-state index contributed by atoms with van der Waals surface area (Å²) in [6, 6.07) is 0.203. The number of amides is 3. The van der Waals surface area contributed by atoms with Crippen molar-refractivity contribution in [1.29, 1.82) is 0 Å². The van der Waals surface area contributed by atoms with Gasteiger partial charge in [0.25, 0.3) is 0 Å². The van der Waals surface area contributed by atoms with Crippen molar-refractivity contribution in [3.63, 3.8) is 0 Å². The number of primary amides is 1. The highest BCUT2D eigenvalue weighted by atomic mass is 16.2. The van der Waals surface area contributed by atoms with Gasteiger partial charge in [-0.3, -0.25) is 14.4 Å². The first-order valence-electron chi connectivity index (χ1n) is 7.33. The molecule has 0 aliphatic carbocycles. The van der Waals surface area contributed by atoms with E-state index in [2.05, 4.69) is 0 Å². The molecule has 0 spiro atoms. The van der Waals surface area contributed by atoms with E-state index in [0.29, 0.717) is 13.1 Å². The highest BCUT2D eigenvalue weighted by Crippen LogP contribution is 2.26. The van der Waals surface area contributed by atoms with Gasteiger partial charge in [0, 0.05) is 44.9 Å². The van der Waals surface area contributed by atoms with Crippen LogP contribution in [0.3, 0.4) is 0 Å². The van der Waals surface area contributed by atoms with Crippen LogP contribution in [0.2, 0.25) is 0 Å². The van der Waals surface area contributed by atoms with Crippen LogP contribution < -0.4 is 5.73 Å². The quantitative estimate of drug-likeness (QED) is 0.797. The molecule has 20 heavy (non-hydrogen) atoms. The van der Waals surface area contributed by atoms with Crippen LogP contribution in [0.5, 0.6) is 0 Å². The number of rotatable bonds is 3. The third-order valence-corrected chi connectivity index (χ3v) is 4.38. The summed E-state index contributed by atoms with van der Waals surface area (Å²) < 4.78 is 0. The van der Waals surface area contributed by atoms with Crippen molar-refractivity contribution in [2.75, 3.05) is 19.6 Å². The first-order chi connectivity index (χ1) is 9.49. The van der Waals surface area contributed by atoms with Crippen LogP contribution in [0.25, 0.3) is 0 Å². The lowest BCUT2D eigenvalue weighted by atomic mass is 9.90. The molecule has 2 heterocycles. The smallest absolute Gasteiger partial charge is 0.226 e. The van der Waals surface area contributed by atoms with Gasteiger partial charge in [-0.1, -0.05) is 0 Å². The van der Waals surface area contributed by atoms with Crippen molar-refractivity contribution in [2.24, 2.45) is 11.7 Å². The monoisotopic (exact) mass is 281 g/mol. The minimum atomic E-state index is -0.406. The third-order valence-electron chi connectivity index (χ3n) is 4.38.